The second-order valence-electron chi connectivity index (χ2n) is 6.50. The fourth-order valence-corrected chi connectivity index (χ4v) is 4.06. The van der Waals surface area contributed by atoms with Crippen LogP contribution in [0.4, 0.5) is 0 Å². The van der Waals surface area contributed by atoms with Gasteiger partial charge in [0.25, 0.3) is 0 Å². The highest BCUT2D eigenvalue weighted by Gasteiger charge is 2.35. The van der Waals surface area contributed by atoms with Crippen LogP contribution in [0.3, 0.4) is 0 Å². The third kappa shape index (κ3) is 3.29. The molecular formula is C15H27N3O. The average Bonchev–Trinajstić information content (AvgIpc) is 2.89. The number of nitrogens with zero attached hydrogens (tertiary/aromatic N) is 1. The zero-order chi connectivity index (χ0) is 13.1. The van der Waals surface area contributed by atoms with E-state index in [1.165, 1.54) is 44.9 Å². The Morgan fingerprint density at radius 3 is 2.79 bits per heavy atom. The first kappa shape index (κ1) is 13.4. The molecule has 108 valence electrons. The van der Waals surface area contributed by atoms with E-state index >= 15 is 0 Å². The standard InChI is InChI=1S/C15H27N3O/c19-15(17-13-6-2-1-3-7-13)11-18-8-4-5-12-9-16-10-14(12)18/h12-14,16H,1-11H2,(H,17,19). The van der Waals surface area contributed by atoms with Gasteiger partial charge in [0.05, 0.1) is 6.54 Å². The minimum absolute atomic E-state index is 0.249. The molecule has 4 nitrogen and oxygen atoms in total. The van der Waals surface area contributed by atoms with Crippen LogP contribution in [0.2, 0.25) is 0 Å². The highest BCUT2D eigenvalue weighted by molar-refractivity contribution is 5.78. The second-order valence-corrected chi connectivity index (χ2v) is 6.50. The summed E-state index contributed by atoms with van der Waals surface area (Å²) in [7, 11) is 0. The molecule has 3 fully saturated rings. The maximum Gasteiger partial charge on any atom is 0.234 e. The number of hydrogen-bond donors (Lipinski definition) is 2. The number of likely N-dealkylation sites (tertiary alicyclic amines) is 1. The van der Waals surface area contributed by atoms with Crippen molar-refractivity contribution in [2.45, 2.75) is 57.0 Å². The van der Waals surface area contributed by atoms with Crippen molar-refractivity contribution >= 4 is 5.91 Å². The number of piperidine rings is 1. The molecule has 2 saturated heterocycles. The molecule has 1 saturated carbocycles. The van der Waals surface area contributed by atoms with E-state index < -0.39 is 0 Å². The van der Waals surface area contributed by atoms with Crippen LogP contribution in [-0.4, -0.2) is 49.1 Å². The van der Waals surface area contributed by atoms with Gasteiger partial charge >= 0.3 is 0 Å². The lowest BCUT2D eigenvalue weighted by molar-refractivity contribution is -0.124. The molecule has 0 spiro atoms. The summed E-state index contributed by atoms with van der Waals surface area (Å²) in [6.45, 7) is 3.92. The molecule has 2 unspecified atom stereocenters. The Morgan fingerprint density at radius 2 is 1.95 bits per heavy atom. The molecule has 0 radical (unpaired) electrons. The molecule has 3 aliphatic rings. The minimum atomic E-state index is 0.249. The first-order valence-electron chi connectivity index (χ1n) is 8.07. The lowest BCUT2D eigenvalue weighted by atomic mass is 9.92. The van der Waals surface area contributed by atoms with Gasteiger partial charge in [0, 0.05) is 18.6 Å². The number of rotatable bonds is 3. The summed E-state index contributed by atoms with van der Waals surface area (Å²) in [5.41, 5.74) is 0. The molecule has 19 heavy (non-hydrogen) atoms. The summed E-state index contributed by atoms with van der Waals surface area (Å²) in [6, 6.07) is 1.05. The van der Waals surface area contributed by atoms with Crippen LogP contribution in [0.1, 0.15) is 44.9 Å². The number of amides is 1. The average molecular weight is 265 g/mol. The minimum Gasteiger partial charge on any atom is -0.352 e. The van der Waals surface area contributed by atoms with Crippen molar-refractivity contribution in [3.8, 4) is 0 Å². The van der Waals surface area contributed by atoms with E-state index in [1.54, 1.807) is 0 Å². The van der Waals surface area contributed by atoms with Crippen molar-refractivity contribution in [1.29, 1.82) is 0 Å². The molecule has 2 atom stereocenters. The first-order chi connectivity index (χ1) is 9.33. The highest BCUT2D eigenvalue weighted by atomic mass is 16.2. The number of nitrogens with one attached hydrogen (secondary N) is 2. The quantitative estimate of drug-likeness (QED) is 0.804. The molecule has 3 rings (SSSR count). The number of fused-ring (bicyclic) bond motifs is 1. The van der Waals surface area contributed by atoms with Crippen molar-refractivity contribution in [3.63, 3.8) is 0 Å². The Morgan fingerprint density at radius 1 is 1.11 bits per heavy atom. The molecule has 0 bridgehead atoms. The zero-order valence-corrected chi connectivity index (χ0v) is 11.9. The molecule has 0 aromatic carbocycles. The van der Waals surface area contributed by atoms with Gasteiger partial charge < -0.3 is 10.6 Å². The Kier molecular flexibility index (Phi) is 4.38. The molecule has 1 aliphatic carbocycles. The Hall–Kier alpha value is -0.610. The van der Waals surface area contributed by atoms with Crippen LogP contribution < -0.4 is 10.6 Å². The van der Waals surface area contributed by atoms with Gasteiger partial charge in [-0.3, -0.25) is 9.69 Å². The third-order valence-electron chi connectivity index (χ3n) is 5.11. The fourth-order valence-electron chi connectivity index (χ4n) is 4.06. The Balaban J connectivity index is 1.48. The van der Waals surface area contributed by atoms with Crippen LogP contribution in [0.15, 0.2) is 0 Å². The molecule has 1 amide bonds. The summed E-state index contributed by atoms with van der Waals surface area (Å²) < 4.78 is 0. The zero-order valence-electron chi connectivity index (χ0n) is 11.9. The summed E-state index contributed by atoms with van der Waals surface area (Å²) >= 11 is 0. The van der Waals surface area contributed by atoms with Gasteiger partial charge in [0.1, 0.15) is 0 Å². The number of hydrogen-bond acceptors (Lipinski definition) is 3. The van der Waals surface area contributed by atoms with Crippen molar-refractivity contribution in [2.24, 2.45) is 5.92 Å². The Labute approximate surface area is 116 Å². The summed E-state index contributed by atoms with van der Waals surface area (Å²) in [4.78, 5) is 14.6. The van der Waals surface area contributed by atoms with E-state index in [9.17, 15) is 4.79 Å². The Bertz CT molecular complexity index is 315. The fraction of sp³-hybridized carbons (Fsp3) is 0.933. The molecule has 2 heterocycles. The van der Waals surface area contributed by atoms with E-state index in [0.29, 0.717) is 18.6 Å². The number of carbonyl (C=O) groups excluding carboxylic acids is 1. The van der Waals surface area contributed by atoms with E-state index in [2.05, 4.69) is 15.5 Å². The third-order valence-corrected chi connectivity index (χ3v) is 5.11. The first-order valence-corrected chi connectivity index (χ1v) is 8.07. The predicted octanol–water partition coefficient (Wildman–Crippen LogP) is 1.12. The maximum atomic E-state index is 12.2. The van der Waals surface area contributed by atoms with Crippen molar-refractivity contribution < 1.29 is 4.79 Å². The summed E-state index contributed by atoms with van der Waals surface area (Å²) in [6.07, 6.45) is 8.84. The van der Waals surface area contributed by atoms with E-state index in [4.69, 9.17) is 0 Å². The summed E-state index contributed by atoms with van der Waals surface area (Å²) in [5, 5.41) is 6.72. The molecule has 4 heteroatoms. The predicted molar refractivity (Wildman–Crippen MR) is 76.0 cm³/mol. The highest BCUT2D eigenvalue weighted by Crippen LogP contribution is 2.26. The van der Waals surface area contributed by atoms with Crippen molar-refractivity contribution in [3.05, 3.63) is 0 Å². The van der Waals surface area contributed by atoms with Crippen molar-refractivity contribution in [2.75, 3.05) is 26.2 Å². The second kappa shape index (κ2) is 6.23. The topological polar surface area (TPSA) is 44.4 Å². The lowest BCUT2D eigenvalue weighted by Crippen LogP contribution is -2.50. The maximum absolute atomic E-state index is 12.2. The van der Waals surface area contributed by atoms with Gasteiger partial charge in [0.15, 0.2) is 0 Å². The smallest absolute Gasteiger partial charge is 0.234 e. The largest absolute Gasteiger partial charge is 0.352 e. The molecular weight excluding hydrogens is 238 g/mol. The molecule has 2 N–H and O–H groups in total. The van der Waals surface area contributed by atoms with Gasteiger partial charge in [-0.05, 0) is 44.7 Å². The van der Waals surface area contributed by atoms with Crippen LogP contribution in [0, 0.1) is 5.92 Å². The lowest BCUT2D eigenvalue weighted by Gasteiger charge is -2.36. The number of carbonyl (C=O) groups is 1. The van der Waals surface area contributed by atoms with Gasteiger partial charge in [0.2, 0.25) is 5.91 Å². The van der Waals surface area contributed by atoms with E-state index in [0.717, 1.165) is 25.6 Å². The van der Waals surface area contributed by atoms with E-state index in [1.807, 2.05) is 0 Å². The van der Waals surface area contributed by atoms with Gasteiger partial charge in [-0.25, -0.2) is 0 Å². The SMILES string of the molecule is O=C(CN1CCCC2CNCC21)NC1CCCCC1. The van der Waals surface area contributed by atoms with Gasteiger partial charge in [-0.2, -0.15) is 0 Å². The van der Waals surface area contributed by atoms with Crippen LogP contribution >= 0.6 is 0 Å². The molecule has 2 aliphatic heterocycles. The van der Waals surface area contributed by atoms with E-state index in [-0.39, 0.29) is 5.91 Å². The van der Waals surface area contributed by atoms with Crippen LogP contribution in [-0.2, 0) is 4.79 Å². The van der Waals surface area contributed by atoms with Gasteiger partial charge in [-0.15, -0.1) is 0 Å². The molecule has 0 aromatic rings. The monoisotopic (exact) mass is 265 g/mol. The van der Waals surface area contributed by atoms with Crippen LogP contribution in [0.5, 0.6) is 0 Å². The van der Waals surface area contributed by atoms with Crippen molar-refractivity contribution in [1.82, 2.24) is 15.5 Å². The molecule has 0 aromatic heterocycles. The van der Waals surface area contributed by atoms with Gasteiger partial charge in [-0.1, -0.05) is 19.3 Å². The summed E-state index contributed by atoms with van der Waals surface area (Å²) in [5.74, 6) is 1.02. The van der Waals surface area contributed by atoms with Crippen LogP contribution in [0.25, 0.3) is 0 Å². The normalized spacial score (nSPS) is 33.1.